The molecule has 1 atom stereocenters. The summed E-state index contributed by atoms with van der Waals surface area (Å²) in [5.41, 5.74) is 0. The molecular formula is C12H22ClNO4. The number of halogens is 1. The highest BCUT2D eigenvalue weighted by Gasteiger charge is 2.23. The molecule has 18 heavy (non-hydrogen) atoms. The molecule has 0 aromatic carbocycles. The summed E-state index contributed by atoms with van der Waals surface area (Å²) in [4.78, 5) is 23.1. The monoisotopic (exact) mass is 279 g/mol. The third-order valence-electron chi connectivity index (χ3n) is 2.04. The highest BCUT2D eigenvalue weighted by Crippen LogP contribution is 2.07. The molecule has 0 aliphatic heterocycles. The first kappa shape index (κ1) is 17.0. The van der Waals surface area contributed by atoms with Gasteiger partial charge in [-0.25, -0.2) is 9.59 Å². The first-order valence-corrected chi connectivity index (χ1v) is 6.70. The van der Waals surface area contributed by atoms with Crippen molar-refractivity contribution in [2.45, 2.75) is 39.7 Å². The predicted octanol–water partition coefficient (Wildman–Crippen LogP) is 2.32. The highest BCUT2D eigenvalue weighted by atomic mass is 35.5. The molecule has 0 aromatic heterocycles. The van der Waals surface area contributed by atoms with Gasteiger partial charge >= 0.3 is 12.1 Å². The summed E-state index contributed by atoms with van der Waals surface area (Å²) >= 11 is 5.40. The molecule has 0 saturated heterocycles. The quantitative estimate of drug-likeness (QED) is 0.547. The molecule has 0 radical (unpaired) electrons. The Bertz CT molecular complexity index is 258. The molecule has 1 N–H and O–H groups in total. The van der Waals surface area contributed by atoms with Gasteiger partial charge in [0.25, 0.3) is 0 Å². The first-order chi connectivity index (χ1) is 8.51. The maximum atomic E-state index is 11.7. The molecule has 0 heterocycles. The fraction of sp³-hybridized carbons (Fsp3) is 0.833. The molecule has 0 aliphatic rings. The lowest BCUT2D eigenvalue weighted by atomic mass is 10.0. The van der Waals surface area contributed by atoms with Crippen LogP contribution in [0.3, 0.4) is 0 Å². The average molecular weight is 280 g/mol. The van der Waals surface area contributed by atoms with Crippen LogP contribution in [0.2, 0.25) is 0 Å². The van der Waals surface area contributed by atoms with Crippen LogP contribution >= 0.6 is 11.6 Å². The van der Waals surface area contributed by atoms with Crippen molar-refractivity contribution < 1.29 is 19.1 Å². The normalized spacial score (nSPS) is 12.1. The van der Waals surface area contributed by atoms with E-state index >= 15 is 0 Å². The third-order valence-corrected chi connectivity index (χ3v) is 2.20. The number of alkyl carbamates (subject to hydrolysis) is 1. The maximum absolute atomic E-state index is 11.7. The van der Waals surface area contributed by atoms with Crippen LogP contribution < -0.4 is 5.32 Å². The Morgan fingerprint density at radius 1 is 1.22 bits per heavy atom. The Balaban J connectivity index is 4.29. The van der Waals surface area contributed by atoms with Crippen LogP contribution in [0.25, 0.3) is 0 Å². The molecule has 0 spiro atoms. The third kappa shape index (κ3) is 8.17. The number of nitrogens with one attached hydrogen (secondary N) is 1. The van der Waals surface area contributed by atoms with Gasteiger partial charge in [0, 0.05) is 0 Å². The largest absolute Gasteiger partial charge is 0.464 e. The molecule has 0 rings (SSSR count). The Morgan fingerprint density at radius 2 is 1.89 bits per heavy atom. The van der Waals surface area contributed by atoms with Gasteiger partial charge in [0.1, 0.15) is 12.6 Å². The second-order valence-corrected chi connectivity index (χ2v) is 4.70. The van der Waals surface area contributed by atoms with Gasteiger partial charge in [-0.2, -0.15) is 0 Å². The van der Waals surface area contributed by atoms with E-state index in [4.69, 9.17) is 21.1 Å². The maximum Gasteiger partial charge on any atom is 0.407 e. The molecule has 0 aliphatic carbocycles. The SMILES string of the molecule is CCCOC(=O)C(CC(C)C)NC(=O)OCCCl. The molecule has 6 heteroatoms. The van der Waals surface area contributed by atoms with E-state index in [1.165, 1.54) is 0 Å². The van der Waals surface area contributed by atoms with Crippen LogP contribution in [-0.4, -0.2) is 37.2 Å². The molecule has 1 unspecified atom stereocenters. The Hall–Kier alpha value is -0.970. The zero-order valence-electron chi connectivity index (χ0n) is 11.2. The van der Waals surface area contributed by atoms with Crippen molar-refractivity contribution in [1.82, 2.24) is 5.32 Å². The van der Waals surface area contributed by atoms with Crippen molar-refractivity contribution in [2.24, 2.45) is 5.92 Å². The smallest absolute Gasteiger partial charge is 0.407 e. The molecule has 0 bridgehead atoms. The number of carbonyl (C=O) groups excluding carboxylic acids is 2. The van der Waals surface area contributed by atoms with Crippen LogP contribution in [0, 0.1) is 5.92 Å². The van der Waals surface area contributed by atoms with Gasteiger partial charge in [-0.15, -0.1) is 11.6 Å². The standard InChI is InChI=1S/C12H22ClNO4/c1-4-6-17-11(15)10(8-9(2)3)14-12(16)18-7-5-13/h9-10H,4-8H2,1-3H3,(H,14,16). The van der Waals surface area contributed by atoms with Gasteiger partial charge in [-0.05, 0) is 18.8 Å². The van der Waals surface area contributed by atoms with Gasteiger partial charge in [0.15, 0.2) is 0 Å². The number of hydrogen-bond acceptors (Lipinski definition) is 4. The van der Waals surface area contributed by atoms with E-state index in [0.29, 0.717) is 13.0 Å². The predicted molar refractivity (Wildman–Crippen MR) is 69.7 cm³/mol. The van der Waals surface area contributed by atoms with Gasteiger partial charge in [0.05, 0.1) is 12.5 Å². The number of carbonyl (C=O) groups is 2. The summed E-state index contributed by atoms with van der Waals surface area (Å²) in [7, 11) is 0. The minimum Gasteiger partial charge on any atom is -0.464 e. The van der Waals surface area contributed by atoms with E-state index in [2.05, 4.69) is 5.32 Å². The summed E-state index contributed by atoms with van der Waals surface area (Å²) in [6.45, 7) is 6.31. The van der Waals surface area contributed by atoms with Crippen molar-refractivity contribution in [3.05, 3.63) is 0 Å². The molecular weight excluding hydrogens is 258 g/mol. The molecule has 1 amide bonds. The van der Waals surface area contributed by atoms with E-state index in [9.17, 15) is 9.59 Å². The van der Waals surface area contributed by atoms with Gasteiger partial charge < -0.3 is 14.8 Å². The summed E-state index contributed by atoms with van der Waals surface area (Å²) in [6.07, 6.45) is 0.616. The van der Waals surface area contributed by atoms with Crippen LogP contribution in [0.4, 0.5) is 4.79 Å². The molecule has 106 valence electrons. The van der Waals surface area contributed by atoms with Gasteiger partial charge in [-0.1, -0.05) is 20.8 Å². The van der Waals surface area contributed by atoms with Gasteiger partial charge in [-0.3, -0.25) is 0 Å². The van der Waals surface area contributed by atoms with Crippen LogP contribution in [0.1, 0.15) is 33.6 Å². The Morgan fingerprint density at radius 3 is 2.39 bits per heavy atom. The number of rotatable bonds is 8. The van der Waals surface area contributed by atoms with Gasteiger partial charge in [0.2, 0.25) is 0 Å². The molecule has 0 saturated carbocycles. The number of amides is 1. The van der Waals surface area contributed by atoms with Crippen molar-refractivity contribution in [3.63, 3.8) is 0 Å². The topological polar surface area (TPSA) is 64.6 Å². The van der Waals surface area contributed by atoms with Crippen molar-refractivity contribution in [2.75, 3.05) is 19.1 Å². The minimum absolute atomic E-state index is 0.117. The fourth-order valence-corrected chi connectivity index (χ4v) is 1.38. The number of alkyl halides is 1. The lowest BCUT2D eigenvalue weighted by Gasteiger charge is -2.18. The number of hydrogen-bond donors (Lipinski definition) is 1. The van der Waals surface area contributed by atoms with Crippen molar-refractivity contribution in [1.29, 1.82) is 0 Å². The number of esters is 1. The number of ether oxygens (including phenoxy) is 2. The second-order valence-electron chi connectivity index (χ2n) is 4.32. The van der Waals surface area contributed by atoms with Crippen molar-refractivity contribution >= 4 is 23.7 Å². The Labute approximate surface area is 113 Å². The molecule has 0 fully saturated rings. The zero-order chi connectivity index (χ0) is 14.0. The summed E-state index contributed by atoms with van der Waals surface area (Å²) < 4.78 is 9.79. The summed E-state index contributed by atoms with van der Waals surface area (Å²) in [5.74, 6) is 0.0635. The summed E-state index contributed by atoms with van der Waals surface area (Å²) in [6, 6.07) is -0.667. The van der Waals surface area contributed by atoms with E-state index in [0.717, 1.165) is 6.42 Å². The minimum atomic E-state index is -0.667. The van der Waals surface area contributed by atoms with Crippen LogP contribution in [0.15, 0.2) is 0 Å². The van der Waals surface area contributed by atoms with E-state index < -0.39 is 18.1 Å². The summed E-state index contributed by atoms with van der Waals surface area (Å²) in [5, 5.41) is 2.50. The first-order valence-electron chi connectivity index (χ1n) is 6.17. The van der Waals surface area contributed by atoms with Crippen LogP contribution in [0.5, 0.6) is 0 Å². The lowest BCUT2D eigenvalue weighted by molar-refractivity contribution is -0.146. The average Bonchev–Trinajstić information content (AvgIpc) is 2.32. The van der Waals surface area contributed by atoms with E-state index in [1.807, 2.05) is 20.8 Å². The zero-order valence-corrected chi connectivity index (χ0v) is 12.0. The fourth-order valence-electron chi connectivity index (χ4n) is 1.30. The van der Waals surface area contributed by atoms with Crippen molar-refractivity contribution in [3.8, 4) is 0 Å². The van der Waals surface area contributed by atoms with E-state index in [1.54, 1.807) is 0 Å². The molecule has 0 aromatic rings. The lowest BCUT2D eigenvalue weighted by Crippen LogP contribution is -2.43. The van der Waals surface area contributed by atoms with E-state index in [-0.39, 0.29) is 18.4 Å². The molecule has 5 nitrogen and oxygen atoms in total. The Kier molecular flexibility index (Phi) is 9.46. The second kappa shape index (κ2) is 10.00. The van der Waals surface area contributed by atoms with Crippen LogP contribution in [-0.2, 0) is 14.3 Å². The highest BCUT2D eigenvalue weighted by molar-refractivity contribution is 6.18.